The Kier molecular flexibility index (Phi) is 4.10. The lowest BCUT2D eigenvalue weighted by atomic mass is 10.0. The maximum absolute atomic E-state index is 5.64. The number of nitrogens with one attached hydrogen (secondary N) is 1. The van der Waals surface area contributed by atoms with E-state index in [1.807, 2.05) is 13.0 Å². The van der Waals surface area contributed by atoms with E-state index < -0.39 is 0 Å². The zero-order valence-corrected chi connectivity index (χ0v) is 11.9. The van der Waals surface area contributed by atoms with Gasteiger partial charge < -0.3 is 14.5 Å². The number of aryl methyl sites for hydroxylation is 2. The Balaban J connectivity index is 2.25. The second-order valence-corrected chi connectivity index (χ2v) is 4.45. The number of aromatic nitrogens is 1. The zero-order chi connectivity index (χ0) is 13.8. The van der Waals surface area contributed by atoms with Crippen molar-refractivity contribution in [3.63, 3.8) is 0 Å². The minimum atomic E-state index is 0.566. The Bertz CT molecular complexity index is 561. The van der Waals surface area contributed by atoms with Gasteiger partial charge in [0.1, 0.15) is 11.5 Å². The van der Waals surface area contributed by atoms with Crippen molar-refractivity contribution in [1.82, 2.24) is 4.98 Å². The molecule has 0 saturated heterocycles. The smallest absolute Gasteiger partial charge is 0.294 e. The molecule has 0 fully saturated rings. The number of methoxy groups -OCH3 is 1. The normalized spacial score (nSPS) is 10.5. The number of anilines is 1. The van der Waals surface area contributed by atoms with Gasteiger partial charge in [0, 0.05) is 13.5 Å². The van der Waals surface area contributed by atoms with Crippen LogP contribution in [0.2, 0.25) is 0 Å². The zero-order valence-electron chi connectivity index (χ0n) is 11.9. The second-order valence-electron chi connectivity index (χ2n) is 4.45. The van der Waals surface area contributed by atoms with E-state index in [-0.39, 0.29) is 0 Å². The summed E-state index contributed by atoms with van der Waals surface area (Å²) in [6.45, 7) is 4.09. The lowest BCUT2D eigenvalue weighted by Gasteiger charge is -2.08. The van der Waals surface area contributed by atoms with Crippen LogP contribution in [0, 0.1) is 6.92 Å². The summed E-state index contributed by atoms with van der Waals surface area (Å²) < 4.78 is 11.0. The molecule has 0 bridgehead atoms. The minimum Gasteiger partial charge on any atom is -0.496 e. The van der Waals surface area contributed by atoms with Gasteiger partial charge in [0.2, 0.25) is 0 Å². The number of hydrogen-bond donors (Lipinski definition) is 1. The third-order valence-electron chi connectivity index (χ3n) is 3.20. The third kappa shape index (κ3) is 2.89. The van der Waals surface area contributed by atoms with Gasteiger partial charge in [0.15, 0.2) is 0 Å². The monoisotopic (exact) mass is 260 g/mol. The van der Waals surface area contributed by atoms with Crippen LogP contribution >= 0.6 is 0 Å². The molecule has 0 unspecified atom stereocenters. The molecule has 0 radical (unpaired) electrons. The summed E-state index contributed by atoms with van der Waals surface area (Å²) in [6, 6.07) is 6.81. The summed E-state index contributed by atoms with van der Waals surface area (Å²) in [5.74, 6) is 1.84. The van der Waals surface area contributed by atoms with Gasteiger partial charge in [-0.05, 0) is 30.5 Å². The van der Waals surface area contributed by atoms with Gasteiger partial charge in [-0.25, -0.2) is 0 Å². The van der Waals surface area contributed by atoms with E-state index >= 15 is 0 Å². The van der Waals surface area contributed by atoms with E-state index in [0.717, 1.165) is 30.0 Å². The minimum absolute atomic E-state index is 0.566. The van der Waals surface area contributed by atoms with Gasteiger partial charge >= 0.3 is 0 Å². The van der Waals surface area contributed by atoms with Crippen LogP contribution in [-0.4, -0.2) is 19.1 Å². The van der Waals surface area contributed by atoms with Gasteiger partial charge in [-0.3, -0.25) is 0 Å². The summed E-state index contributed by atoms with van der Waals surface area (Å²) in [5.41, 5.74) is 3.35. The predicted octanol–water partition coefficient (Wildman–Crippen LogP) is 3.19. The largest absolute Gasteiger partial charge is 0.496 e. The molecule has 1 heterocycles. The molecule has 4 heteroatoms. The van der Waals surface area contributed by atoms with Gasteiger partial charge in [-0.15, -0.1) is 0 Å². The van der Waals surface area contributed by atoms with Crippen LogP contribution in [-0.2, 0) is 12.8 Å². The summed E-state index contributed by atoms with van der Waals surface area (Å²) in [6.07, 6.45) is 1.70. The molecule has 0 spiro atoms. The van der Waals surface area contributed by atoms with Crippen molar-refractivity contribution < 1.29 is 9.15 Å². The molecule has 0 atom stereocenters. The van der Waals surface area contributed by atoms with Crippen LogP contribution in [0.3, 0.4) is 0 Å². The lowest BCUT2D eigenvalue weighted by Crippen LogP contribution is -1.94. The van der Waals surface area contributed by atoms with Gasteiger partial charge in [-0.1, -0.05) is 19.1 Å². The quantitative estimate of drug-likeness (QED) is 0.897. The molecule has 1 aromatic carbocycles. The third-order valence-corrected chi connectivity index (χ3v) is 3.20. The van der Waals surface area contributed by atoms with Crippen LogP contribution < -0.4 is 10.1 Å². The maximum Gasteiger partial charge on any atom is 0.294 e. The van der Waals surface area contributed by atoms with Crippen LogP contribution in [0.25, 0.3) is 0 Å². The highest BCUT2D eigenvalue weighted by atomic mass is 16.5. The summed E-state index contributed by atoms with van der Waals surface area (Å²) in [4.78, 5) is 4.30. The molecule has 0 aliphatic rings. The van der Waals surface area contributed by atoms with Crippen molar-refractivity contribution in [1.29, 1.82) is 0 Å². The maximum atomic E-state index is 5.64. The SMILES string of the molecule is CCc1cc(Cc2oc(NC)nc2C)ccc1OC. The molecule has 4 nitrogen and oxygen atoms in total. The average Bonchev–Trinajstić information content (AvgIpc) is 2.79. The van der Waals surface area contributed by atoms with E-state index in [1.54, 1.807) is 14.2 Å². The fourth-order valence-electron chi connectivity index (χ4n) is 2.10. The van der Waals surface area contributed by atoms with Crippen LogP contribution in [0.5, 0.6) is 5.75 Å². The van der Waals surface area contributed by atoms with Crippen LogP contribution in [0.4, 0.5) is 6.01 Å². The van der Waals surface area contributed by atoms with Gasteiger partial charge in [0.05, 0.1) is 12.8 Å². The Morgan fingerprint density at radius 2 is 2.16 bits per heavy atom. The highest BCUT2D eigenvalue weighted by Gasteiger charge is 2.10. The Morgan fingerprint density at radius 3 is 2.74 bits per heavy atom. The van der Waals surface area contributed by atoms with Gasteiger partial charge in [-0.2, -0.15) is 4.98 Å². The summed E-state index contributed by atoms with van der Waals surface area (Å²) in [5, 5.41) is 2.92. The molecule has 0 saturated carbocycles. The number of oxazole rings is 1. The van der Waals surface area contributed by atoms with E-state index in [1.165, 1.54) is 11.1 Å². The summed E-state index contributed by atoms with van der Waals surface area (Å²) >= 11 is 0. The predicted molar refractivity (Wildman–Crippen MR) is 76.0 cm³/mol. The Morgan fingerprint density at radius 1 is 1.37 bits per heavy atom. The highest BCUT2D eigenvalue weighted by molar-refractivity contribution is 5.39. The standard InChI is InChI=1S/C15H20N2O2/c1-5-12-8-11(6-7-13(12)18-4)9-14-10(2)17-15(16-3)19-14/h6-8H,5,9H2,1-4H3,(H,16,17). The van der Waals surface area contributed by atoms with Crippen molar-refractivity contribution in [2.24, 2.45) is 0 Å². The molecule has 1 aromatic heterocycles. The molecule has 0 aliphatic carbocycles. The highest BCUT2D eigenvalue weighted by Crippen LogP contribution is 2.23. The molecule has 0 amide bonds. The van der Waals surface area contributed by atoms with Crippen molar-refractivity contribution in [3.05, 3.63) is 40.8 Å². The topological polar surface area (TPSA) is 47.3 Å². The van der Waals surface area contributed by atoms with Crippen molar-refractivity contribution in [2.75, 3.05) is 19.5 Å². The van der Waals surface area contributed by atoms with Crippen LogP contribution in [0.1, 0.15) is 29.5 Å². The number of hydrogen-bond acceptors (Lipinski definition) is 4. The first-order valence-electron chi connectivity index (χ1n) is 6.47. The van der Waals surface area contributed by atoms with Gasteiger partial charge in [0.25, 0.3) is 6.01 Å². The van der Waals surface area contributed by atoms with E-state index in [0.29, 0.717) is 6.01 Å². The van der Waals surface area contributed by atoms with Crippen molar-refractivity contribution in [2.45, 2.75) is 26.7 Å². The fraction of sp³-hybridized carbons (Fsp3) is 0.400. The second kappa shape index (κ2) is 5.78. The molecule has 102 valence electrons. The van der Waals surface area contributed by atoms with Crippen molar-refractivity contribution >= 4 is 6.01 Å². The molecular formula is C15H20N2O2. The van der Waals surface area contributed by atoms with E-state index in [4.69, 9.17) is 9.15 Å². The molecular weight excluding hydrogens is 240 g/mol. The molecule has 2 rings (SSSR count). The molecule has 2 aromatic rings. The Labute approximate surface area is 113 Å². The van der Waals surface area contributed by atoms with Crippen molar-refractivity contribution in [3.8, 4) is 5.75 Å². The van der Waals surface area contributed by atoms with E-state index in [9.17, 15) is 0 Å². The van der Waals surface area contributed by atoms with Crippen LogP contribution in [0.15, 0.2) is 22.6 Å². The number of benzene rings is 1. The van der Waals surface area contributed by atoms with E-state index in [2.05, 4.69) is 29.4 Å². The number of rotatable bonds is 5. The number of ether oxygens (including phenoxy) is 1. The molecule has 19 heavy (non-hydrogen) atoms. The fourth-order valence-corrected chi connectivity index (χ4v) is 2.10. The summed E-state index contributed by atoms with van der Waals surface area (Å²) in [7, 11) is 3.51. The first kappa shape index (κ1) is 13.5. The molecule has 0 aliphatic heterocycles. The lowest BCUT2D eigenvalue weighted by molar-refractivity contribution is 0.410. The first-order valence-corrected chi connectivity index (χ1v) is 6.47. The number of nitrogens with zero attached hydrogens (tertiary/aromatic N) is 1. The Hall–Kier alpha value is -1.97. The first-order chi connectivity index (χ1) is 9.17. The molecule has 1 N–H and O–H groups in total. The average molecular weight is 260 g/mol.